The topological polar surface area (TPSA) is 12.0 Å². The molecule has 0 amide bonds. The molecule has 1 N–H and O–H groups in total. The van der Waals surface area contributed by atoms with Crippen molar-refractivity contribution in [3.8, 4) is 0 Å². The van der Waals surface area contributed by atoms with E-state index in [0.717, 1.165) is 22.3 Å². The Morgan fingerprint density at radius 2 is 2.06 bits per heavy atom. The van der Waals surface area contributed by atoms with E-state index < -0.39 is 0 Å². The van der Waals surface area contributed by atoms with Gasteiger partial charge in [0.2, 0.25) is 0 Å². The van der Waals surface area contributed by atoms with E-state index in [4.69, 9.17) is 0 Å². The van der Waals surface area contributed by atoms with Crippen molar-refractivity contribution in [1.82, 2.24) is 5.32 Å². The Balaban J connectivity index is 1.77. The van der Waals surface area contributed by atoms with Gasteiger partial charge in [-0.25, -0.2) is 0 Å². The summed E-state index contributed by atoms with van der Waals surface area (Å²) < 4.78 is 1.15. The fourth-order valence-corrected chi connectivity index (χ4v) is 3.26. The van der Waals surface area contributed by atoms with Crippen molar-refractivity contribution in [2.24, 2.45) is 0 Å². The largest absolute Gasteiger partial charge is 0.310 e. The smallest absolute Gasteiger partial charge is 0.0208 e. The molecule has 2 atom stereocenters. The van der Waals surface area contributed by atoms with E-state index in [1.165, 1.54) is 24.8 Å². The second-order valence-electron chi connectivity index (χ2n) is 4.38. The first-order valence-electron chi connectivity index (χ1n) is 5.78. The molecule has 0 radical (unpaired) electrons. The molecule has 16 heavy (non-hydrogen) atoms. The third-order valence-corrected chi connectivity index (χ3v) is 4.85. The van der Waals surface area contributed by atoms with Gasteiger partial charge in [0, 0.05) is 22.3 Å². The Bertz CT molecular complexity index is 325. The Morgan fingerprint density at radius 3 is 2.69 bits per heavy atom. The summed E-state index contributed by atoms with van der Waals surface area (Å²) in [6.07, 6.45) is 6.26. The minimum Gasteiger partial charge on any atom is -0.310 e. The summed E-state index contributed by atoms with van der Waals surface area (Å²) in [5.41, 5.74) is 1.37. The molecule has 0 bridgehead atoms. The van der Waals surface area contributed by atoms with Gasteiger partial charge >= 0.3 is 0 Å². The second kappa shape index (κ2) is 6.08. The van der Waals surface area contributed by atoms with Crippen molar-refractivity contribution in [3.05, 3.63) is 34.3 Å². The van der Waals surface area contributed by atoms with Gasteiger partial charge in [-0.3, -0.25) is 0 Å². The van der Waals surface area contributed by atoms with Crippen LogP contribution < -0.4 is 5.32 Å². The lowest BCUT2D eigenvalue weighted by molar-refractivity contribution is 0.525. The lowest BCUT2D eigenvalue weighted by Crippen LogP contribution is -2.26. The highest BCUT2D eigenvalue weighted by Crippen LogP contribution is 2.28. The number of thioether (sulfide) groups is 1. The molecule has 2 unspecified atom stereocenters. The predicted octanol–water partition coefficient (Wildman–Crippen LogP) is 3.82. The van der Waals surface area contributed by atoms with Gasteiger partial charge in [-0.15, -0.1) is 0 Å². The minimum atomic E-state index is 0.723. The molecular formula is C13H18BrNS. The summed E-state index contributed by atoms with van der Waals surface area (Å²) in [7, 11) is 0. The molecule has 1 aliphatic rings. The molecule has 0 spiro atoms. The first-order valence-corrected chi connectivity index (χ1v) is 7.86. The lowest BCUT2D eigenvalue weighted by atomic mass is 10.2. The van der Waals surface area contributed by atoms with Crippen molar-refractivity contribution >= 4 is 27.7 Å². The molecular weight excluding hydrogens is 282 g/mol. The number of hydrogen-bond acceptors (Lipinski definition) is 2. The van der Waals surface area contributed by atoms with Crippen molar-refractivity contribution in [2.75, 3.05) is 6.26 Å². The average Bonchev–Trinajstić information content (AvgIpc) is 2.76. The average molecular weight is 300 g/mol. The van der Waals surface area contributed by atoms with Crippen LogP contribution in [0.5, 0.6) is 0 Å². The number of halogens is 1. The van der Waals surface area contributed by atoms with Crippen LogP contribution in [-0.2, 0) is 6.54 Å². The van der Waals surface area contributed by atoms with Gasteiger partial charge in [0.25, 0.3) is 0 Å². The highest BCUT2D eigenvalue weighted by Gasteiger charge is 2.22. The van der Waals surface area contributed by atoms with Crippen LogP contribution in [-0.4, -0.2) is 17.5 Å². The number of benzene rings is 1. The molecule has 0 heterocycles. The summed E-state index contributed by atoms with van der Waals surface area (Å²) in [4.78, 5) is 0. The maximum atomic E-state index is 3.65. The SMILES string of the molecule is CSC1CCC(NCc2ccc(Br)cc2)C1. The van der Waals surface area contributed by atoms with Gasteiger partial charge in [-0.2, -0.15) is 11.8 Å². The quantitative estimate of drug-likeness (QED) is 0.907. The lowest BCUT2D eigenvalue weighted by Gasteiger charge is -2.12. The van der Waals surface area contributed by atoms with Gasteiger partial charge < -0.3 is 5.32 Å². The molecule has 1 aliphatic carbocycles. The third-order valence-electron chi connectivity index (χ3n) is 3.23. The van der Waals surface area contributed by atoms with Crippen LogP contribution in [0, 0.1) is 0 Å². The summed E-state index contributed by atoms with van der Waals surface area (Å²) >= 11 is 5.47. The van der Waals surface area contributed by atoms with Gasteiger partial charge in [-0.05, 0) is 43.2 Å². The molecule has 2 rings (SSSR count). The standard InChI is InChI=1S/C13H18BrNS/c1-16-13-7-6-12(8-13)15-9-10-2-4-11(14)5-3-10/h2-5,12-13,15H,6-9H2,1H3. The Morgan fingerprint density at radius 1 is 1.31 bits per heavy atom. The van der Waals surface area contributed by atoms with E-state index in [1.54, 1.807) is 0 Å². The zero-order valence-electron chi connectivity index (χ0n) is 9.58. The fraction of sp³-hybridized carbons (Fsp3) is 0.538. The number of hydrogen-bond donors (Lipinski definition) is 1. The first-order chi connectivity index (χ1) is 7.78. The van der Waals surface area contributed by atoms with Crippen molar-refractivity contribution in [2.45, 2.75) is 37.1 Å². The maximum Gasteiger partial charge on any atom is 0.0208 e. The van der Waals surface area contributed by atoms with E-state index in [1.807, 2.05) is 11.8 Å². The molecule has 1 aromatic carbocycles. The van der Waals surface area contributed by atoms with Crippen LogP contribution in [0.4, 0.5) is 0 Å². The van der Waals surface area contributed by atoms with Crippen molar-refractivity contribution in [1.29, 1.82) is 0 Å². The van der Waals surface area contributed by atoms with E-state index in [9.17, 15) is 0 Å². The highest BCUT2D eigenvalue weighted by molar-refractivity contribution is 9.10. The zero-order chi connectivity index (χ0) is 11.4. The Kier molecular flexibility index (Phi) is 4.74. The van der Waals surface area contributed by atoms with Crippen molar-refractivity contribution < 1.29 is 0 Å². The molecule has 1 nitrogen and oxygen atoms in total. The molecule has 1 saturated carbocycles. The van der Waals surface area contributed by atoms with Crippen LogP contribution in [0.1, 0.15) is 24.8 Å². The fourth-order valence-electron chi connectivity index (χ4n) is 2.20. The van der Waals surface area contributed by atoms with Crippen LogP contribution >= 0.6 is 27.7 Å². The van der Waals surface area contributed by atoms with Crippen LogP contribution in [0.15, 0.2) is 28.7 Å². The van der Waals surface area contributed by atoms with Crippen molar-refractivity contribution in [3.63, 3.8) is 0 Å². The monoisotopic (exact) mass is 299 g/mol. The zero-order valence-corrected chi connectivity index (χ0v) is 12.0. The maximum absolute atomic E-state index is 3.65. The molecule has 3 heteroatoms. The predicted molar refractivity (Wildman–Crippen MR) is 75.9 cm³/mol. The summed E-state index contributed by atoms with van der Waals surface area (Å²) in [5, 5.41) is 4.53. The second-order valence-corrected chi connectivity index (χ2v) is 6.43. The van der Waals surface area contributed by atoms with E-state index in [-0.39, 0.29) is 0 Å². The van der Waals surface area contributed by atoms with E-state index in [2.05, 4.69) is 51.8 Å². The van der Waals surface area contributed by atoms with Crippen LogP contribution in [0.25, 0.3) is 0 Å². The van der Waals surface area contributed by atoms with Gasteiger partial charge in [0.15, 0.2) is 0 Å². The van der Waals surface area contributed by atoms with Gasteiger partial charge in [-0.1, -0.05) is 28.1 Å². The Hall–Kier alpha value is 0.01000. The number of nitrogens with one attached hydrogen (secondary N) is 1. The van der Waals surface area contributed by atoms with E-state index >= 15 is 0 Å². The summed E-state index contributed by atoms with van der Waals surface area (Å²) in [6.45, 7) is 0.999. The van der Waals surface area contributed by atoms with Gasteiger partial charge in [0.05, 0.1) is 0 Å². The van der Waals surface area contributed by atoms with E-state index in [0.29, 0.717) is 0 Å². The molecule has 88 valence electrons. The molecule has 1 fully saturated rings. The Labute approximate surface area is 111 Å². The van der Waals surface area contributed by atoms with Gasteiger partial charge in [0.1, 0.15) is 0 Å². The molecule has 0 aromatic heterocycles. The molecule has 1 aromatic rings. The normalized spacial score (nSPS) is 24.9. The third kappa shape index (κ3) is 3.51. The van der Waals surface area contributed by atoms with Crippen LogP contribution in [0.2, 0.25) is 0 Å². The summed E-state index contributed by atoms with van der Waals surface area (Å²) in [6, 6.07) is 9.30. The minimum absolute atomic E-state index is 0.723. The number of rotatable bonds is 4. The summed E-state index contributed by atoms with van der Waals surface area (Å²) in [5.74, 6) is 0. The highest BCUT2D eigenvalue weighted by atomic mass is 79.9. The molecule has 0 aliphatic heterocycles. The molecule has 0 saturated heterocycles. The first kappa shape index (κ1) is 12.5. The van der Waals surface area contributed by atoms with Crippen LogP contribution in [0.3, 0.4) is 0 Å².